The minimum atomic E-state index is -0.311. The molecule has 4 heteroatoms. The van der Waals surface area contributed by atoms with Crippen molar-refractivity contribution in [2.24, 2.45) is 0 Å². The fourth-order valence-corrected chi connectivity index (χ4v) is 2.78. The Balaban J connectivity index is 1.85. The van der Waals surface area contributed by atoms with Crippen LogP contribution in [0.5, 0.6) is 0 Å². The highest BCUT2D eigenvalue weighted by atomic mass is 16.2. The molecule has 1 aromatic carbocycles. The number of fused-ring (bicyclic) bond motifs is 1. The summed E-state index contributed by atoms with van der Waals surface area (Å²) >= 11 is 0. The molecule has 1 aromatic heterocycles. The van der Waals surface area contributed by atoms with Crippen LogP contribution in [0.25, 0.3) is 0 Å². The van der Waals surface area contributed by atoms with E-state index >= 15 is 0 Å². The normalized spacial score (nSPS) is 15.4. The summed E-state index contributed by atoms with van der Waals surface area (Å²) in [5.74, 6) is 0.0127. The third kappa shape index (κ3) is 2.61. The van der Waals surface area contributed by atoms with E-state index in [-0.39, 0.29) is 17.7 Å². The van der Waals surface area contributed by atoms with Gasteiger partial charge >= 0.3 is 0 Å². The lowest BCUT2D eigenvalue weighted by Crippen LogP contribution is -2.25. The van der Waals surface area contributed by atoms with E-state index in [0.29, 0.717) is 17.7 Å². The molecule has 0 radical (unpaired) electrons. The van der Waals surface area contributed by atoms with Gasteiger partial charge in [-0.2, -0.15) is 0 Å². The number of amides is 1. The number of Topliss-reactive ketones (excluding diaryl/α,β-unsaturated/α-hetero) is 1. The standard InChI is InChI=1S/C17H18N2O2/c1-12(19-10-2-3-11-19)17(21)18-14-8-4-6-13-7-5-9-15(20)16(13)14/h2-4,6,8,10-12H,5,7,9H2,1H3,(H,18,21). The molecule has 1 heterocycles. The van der Waals surface area contributed by atoms with Crippen molar-refractivity contribution in [3.8, 4) is 0 Å². The maximum Gasteiger partial charge on any atom is 0.247 e. The monoisotopic (exact) mass is 282 g/mol. The molecule has 0 bridgehead atoms. The predicted molar refractivity (Wildman–Crippen MR) is 81.5 cm³/mol. The summed E-state index contributed by atoms with van der Waals surface area (Å²) < 4.78 is 1.84. The van der Waals surface area contributed by atoms with Gasteiger partial charge in [-0.3, -0.25) is 9.59 Å². The number of hydrogen-bond donors (Lipinski definition) is 1. The SMILES string of the molecule is CC(C(=O)Nc1cccc2c1C(=O)CCC2)n1cccc1. The summed E-state index contributed by atoms with van der Waals surface area (Å²) in [5, 5.41) is 2.91. The summed E-state index contributed by atoms with van der Waals surface area (Å²) in [6.07, 6.45) is 6.07. The molecule has 0 saturated carbocycles. The van der Waals surface area contributed by atoms with Gasteiger partial charge in [-0.05, 0) is 43.5 Å². The second kappa shape index (κ2) is 5.56. The Morgan fingerprint density at radius 2 is 1.95 bits per heavy atom. The second-order valence-electron chi connectivity index (χ2n) is 5.41. The molecule has 1 aliphatic rings. The number of carbonyl (C=O) groups is 2. The number of carbonyl (C=O) groups excluding carboxylic acids is 2. The minimum Gasteiger partial charge on any atom is -0.342 e. The summed E-state index contributed by atoms with van der Waals surface area (Å²) in [6.45, 7) is 1.84. The molecule has 0 fully saturated rings. The zero-order chi connectivity index (χ0) is 14.8. The Kier molecular flexibility index (Phi) is 3.60. The largest absolute Gasteiger partial charge is 0.342 e. The van der Waals surface area contributed by atoms with E-state index in [1.54, 1.807) is 0 Å². The maximum absolute atomic E-state index is 12.4. The Morgan fingerprint density at radius 1 is 1.19 bits per heavy atom. The van der Waals surface area contributed by atoms with Crippen LogP contribution < -0.4 is 5.32 Å². The van der Waals surface area contributed by atoms with Gasteiger partial charge in [0.1, 0.15) is 6.04 Å². The van der Waals surface area contributed by atoms with E-state index in [1.165, 1.54) is 0 Å². The number of aromatic nitrogens is 1. The molecule has 1 aliphatic carbocycles. The highest BCUT2D eigenvalue weighted by molar-refractivity contribution is 6.07. The number of hydrogen-bond acceptors (Lipinski definition) is 2. The highest BCUT2D eigenvalue weighted by Gasteiger charge is 2.22. The number of ketones is 1. The van der Waals surface area contributed by atoms with Crippen LogP contribution in [-0.2, 0) is 11.2 Å². The van der Waals surface area contributed by atoms with Crippen molar-refractivity contribution in [3.63, 3.8) is 0 Å². The van der Waals surface area contributed by atoms with E-state index in [0.717, 1.165) is 18.4 Å². The third-order valence-electron chi connectivity index (χ3n) is 3.99. The van der Waals surface area contributed by atoms with Crippen LogP contribution in [0.15, 0.2) is 42.7 Å². The van der Waals surface area contributed by atoms with Gasteiger partial charge in [0.25, 0.3) is 0 Å². The number of rotatable bonds is 3. The first-order valence-electron chi connectivity index (χ1n) is 7.25. The van der Waals surface area contributed by atoms with E-state index < -0.39 is 0 Å². The molecule has 1 N–H and O–H groups in total. The Bertz CT molecular complexity index is 674. The average molecular weight is 282 g/mol. The first-order chi connectivity index (χ1) is 10.2. The lowest BCUT2D eigenvalue weighted by Gasteiger charge is -2.20. The van der Waals surface area contributed by atoms with E-state index in [2.05, 4.69) is 5.32 Å². The topological polar surface area (TPSA) is 51.1 Å². The summed E-state index contributed by atoms with van der Waals surface area (Å²) in [4.78, 5) is 24.5. The van der Waals surface area contributed by atoms with Crippen molar-refractivity contribution >= 4 is 17.4 Å². The molecule has 2 aromatic rings. The van der Waals surface area contributed by atoms with Crippen molar-refractivity contribution < 1.29 is 9.59 Å². The van der Waals surface area contributed by atoms with Crippen LogP contribution in [0.2, 0.25) is 0 Å². The molecule has 3 rings (SSSR count). The van der Waals surface area contributed by atoms with Gasteiger partial charge in [0, 0.05) is 24.4 Å². The first kappa shape index (κ1) is 13.6. The lowest BCUT2D eigenvalue weighted by molar-refractivity contribution is -0.118. The third-order valence-corrected chi connectivity index (χ3v) is 3.99. The van der Waals surface area contributed by atoms with Gasteiger partial charge < -0.3 is 9.88 Å². The van der Waals surface area contributed by atoms with Crippen molar-refractivity contribution in [1.82, 2.24) is 4.57 Å². The number of nitrogens with zero attached hydrogens (tertiary/aromatic N) is 1. The van der Waals surface area contributed by atoms with Crippen molar-refractivity contribution in [1.29, 1.82) is 0 Å². The smallest absolute Gasteiger partial charge is 0.247 e. The van der Waals surface area contributed by atoms with Gasteiger partial charge in [-0.15, -0.1) is 0 Å². The fraction of sp³-hybridized carbons (Fsp3) is 0.294. The second-order valence-corrected chi connectivity index (χ2v) is 5.41. The quantitative estimate of drug-likeness (QED) is 0.939. The zero-order valence-electron chi connectivity index (χ0n) is 12.0. The molecular formula is C17H18N2O2. The van der Waals surface area contributed by atoms with Crippen LogP contribution in [0.1, 0.15) is 41.7 Å². The number of anilines is 1. The Morgan fingerprint density at radius 3 is 2.71 bits per heavy atom. The number of nitrogens with one attached hydrogen (secondary N) is 1. The summed E-state index contributed by atoms with van der Waals surface area (Å²) in [5.41, 5.74) is 2.37. The summed E-state index contributed by atoms with van der Waals surface area (Å²) in [7, 11) is 0. The Labute approximate surface area is 123 Å². The van der Waals surface area contributed by atoms with Crippen LogP contribution in [0, 0.1) is 0 Å². The van der Waals surface area contributed by atoms with Gasteiger partial charge in [-0.1, -0.05) is 12.1 Å². The molecule has 108 valence electrons. The molecule has 0 spiro atoms. The van der Waals surface area contributed by atoms with Gasteiger partial charge in [-0.25, -0.2) is 0 Å². The Hall–Kier alpha value is -2.36. The van der Waals surface area contributed by atoms with Gasteiger partial charge in [0.15, 0.2) is 5.78 Å². The molecular weight excluding hydrogens is 264 g/mol. The lowest BCUT2D eigenvalue weighted by atomic mass is 9.89. The van der Waals surface area contributed by atoms with Gasteiger partial charge in [0.05, 0.1) is 5.69 Å². The molecule has 0 aliphatic heterocycles. The van der Waals surface area contributed by atoms with Crippen LogP contribution in [0.3, 0.4) is 0 Å². The molecule has 4 nitrogen and oxygen atoms in total. The zero-order valence-corrected chi connectivity index (χ0v) is 12.0. The fourth-order valence-electron chi connectivity index (χ4n) is 2.78. The van der Waals surface area contributed by atoms with Crippen LogP contribution in [-0.4, -0.2) is 16.3 Å². The number of aryl methyl sites for hydroxylation is 1. The van der Waals surface area contributed by atoms with Gasteiger partial charge in [0.2, 0.25) is 5.91 Å². The minimum absolute atomic E-state index is 0.113. The first-order valence-corrected chi connectivity index (χ1v) is 7.25. The van der Waals surface area contributed by atoms with Crippen molar-refractivity contribution in [2.75, 3.05) is 5.32 Å². The molecule has 1 amide bonds. The maximum atomic E-state index is 12.4. The molecule has 1 unspecified atom stereocenters. The summed E-state index contributed by atoms with van der Waals surface area (Å²) in [6, 6.07) is 9.14. The molecule has 1 atom stereocenters. The number of benzene rings is 1. The van der Waals surface area contributed by atoms with E-state index in [1.807, 2.05) is 54.2 Å². The average Bonchev–Trinajstić information content (AvgIpc) is 3.01. The molecule has 21 heavy (non-hydrogen) atoms. The van der Waals surface area contributed by atoms with Crippen LogP contribution >= 0.6 is 0 Å². The van der Waals surface area contributed by atoms with E-state index in [4.69, 9.17) is 0 Å². The highest BCUT2D eigenvalue weighted by Crippen LogP contribution is 2.28. The molecule has 0 saturated heterocycles. The van der Waals surface area contributed by atoms with E-state index in [9.17, 15) is 9.59 Å². The predicted octanol–water partition coefficient (Wildman–Crippen LogP) is 3.21. The van der Waals surface area contributed by atoms with Crippen LogP contribution in [0.4, 0.5) is 5.69 Å². The van der Waals surface area contributed by atoms with Crippen molar-refractivity contribution in [3.05, 3.63) is 53.9 Å². The van der Waals surface area contributed by atoms with Crippen molar-refractivity contribution in [2.45, 2.75) is 32.2 Å².